The van der Waals surface area contributed by atoms with E-state index in [1.165, 1.54) is 18.4 Å². The predicted molar refractivity (Wildman–Crippen MR) is 101 cm³/mol. The van der Waals surface area contributed by atoms with E-state index in [1.54, 1.807) is 11.8 Å². The van der Waals surface area contributed by atoms with Crippen LogP contribution in [0.5, 0.6) is 0 Å². The Labute approximate surface area is 154 Å². The van der Waals surface area contributed by atoms with Crippen molar-refractivity contribution in [2.75, 3.05) is 5.32 Å². The number of carbonyl (C=O) groups is 1. The van der Waals surface area contributed by atoms with Crippen molar-refractivity contribution in [3.05, 3.63) is 45.3 Å². The third kappa shape index (κ3) is 4.03. The molecule has 0 aliphatic heterocycles. The smallest absolute Gasteiger partial charge is 0.237 e. The Morgan fingerprint density at radius 3 is 3.00 bits per heavy atom. The molecule has 0 saturated carbocycles. The van der Waals surface area contributed by atoms with Gasteiger partial charge in [0, 0.05) is 22.2 Å². The number of benzene rings is 1. The third-order valence-corrected chi connectivity index (χ3v) is 6.06. The van der Waals surface area contributed by atoms with Crippen LogP contribution in [0.4, 0.5) is 5.69 Å². The lowest BCUT2D eigenvalue weighted by Gasteiger charge is -2.14. The van der Waals surface area contributed by atoms with Crippen LogP contribution in [0.2, 0.25) is 0 Å². The van der Waals surface area contributed by atoms with E-state index >= 15 is 0 Å². The molecule has 0 radical (unpaired) electrons. The number of fused-ring (bicyclic) bond motifs is 1. The first-order valence-corrected chi connectivity index (χ1v) is 10.0. The van der Waals surface area contributed by atoms with Crippen molar-refractivity contribution in [1.82, 2.24) is 5.16 Å². The van der Waals surface area contributed by atoms with Gasteiger partial charge in [-0.3, -0.25) is 4.79 Å². The summed E-state index contributed by atoms with van der Waals surface area (Å²) in [4.78, 5) is 12.4. The topological polar surface area (TPSA) is 55.1 Å². The molecule has 1 heterocycles. The van der Waals surface area contributed by atoms with Gasteiger partial charge in [0.25, 0.3) is 0 Å². The Hall–Kier alpha value is -1.27. The molecule has 128 valence electrons. The molecular formula is C18H21BrN2O2S. The van der Waals surface area contributed by atoms with Crippen molar-refractivity contribution in [1.29, 1.82) is 0 Å². The second-order valence-electron chi connectivity index (χ2n) is 6.16. The predicted octanol–water partition coefficient (Wildman–Crippen LogP) is 4.88. The minimum absolute atomic E-state index is 0.00177. The molecule has 0 saturated heterocycles. The van der Waals surface area contributed by atoms with Crippen LogP contribution in [0.3, 0.4) is 0 Å². The van der Waals surface area contributed by atoms with E-state index in [4.69, 9.17) is 4.52 Å². The Morgan fingerprint density at radius 2 is 2.21 bits per heavy atom. The molecule has 0 fully saturated rings. The average Bonchev–Trinajstić information content (AvgIpc) is 2.98. The molecule has 4 nitrogen and oxygen atoms in total. The molecule has 3 rings (SSSR count). The normalized spacial score (nSPS) is 15.0. The van der Waals surface area contributed by atoms with Crippen LogP contribution >= 0.6 is 27.7 Å². The molecule has 2 aromatic rings. The van der Waals surface area contributed by atoms with Gasteiger partial charge in [-0.1, -0.05) is 11.2 Å². The second kappa shape index (κ2) is 7.74. The number of carbonyl (C=O) groups excluding carboxylic acids is 1. The molecule has 0 bridgehead atoms. The summed E-state index contributed by atoms with van der Waals surface area (Å²) in [6, 6.07) is 5.90. The summed E-state index contributed by atoms with van der Waals surface area (Å²) in [6.45, 7) is 3.95. The first kappa shape index (κ1) is 17.5. The van der Waals surface area contributed by atoms with Gasteiger partial charge >= 0.3 is 0 Å². The van der Waals surface area contributed by atoms with Gasteiger partial charge in [-0.15, -0.1) is 11.8 Å². The number of nitrogens with zero attached hydrogens (tertiary/aromatic N) is 1. The minimum Gasteiger partial charge on any atom is -0.361 e. The van der Waals surface area contributed by atoms with E-state index in [9.17, 15) is 4.79 Å². The highest BCUT2D eigenvalue weighted by Gasteiger charge is 2.21. The Balaban J connectivity index is 1.57. The van der Waals surface area contributed by atoms with E-state index in [0.29, 0.717) is 5.75 Å². The van der Waals surface area contributed by atoms with E-state index in [1.807, 2.05) is 32.0 Å². The number of amides is 1. The fraction of sp³-hybridized carbons (Fsp3) is 0.444. The lowest BCUT2D eigenvalue weighted by Crippen LogP contribution is -2.23. The van der Waals surface area contributed by atoms with Crippen LogP contribution in [0.15, 0.2) is 27.2 Å². The Kier molecular flexibility index (Phi) is 5.66. The maximum atomic E-state index is 12.4. The van der Waals surface area contributed by atoms with Gasteiger partial charge in [0.1, 0.15) is 5.76 Å². The first-order chi connectivity index (χ1) is 11.5. The van der Waals surface area contributed by atoms with E-state index in [2.05, 4.69) is 26.4 Å². The van der Waals surface area contributed by atoms with E-state index < -0.39 is 0 Å². The number of aromatic nitrogens is 1. The van der Waals surface area contributed by atoms with Crippen LogP contribution in [0, 0.1) is 6.92 Å². The van der Waals surface area contributed by atoms with Gasteiger partial charge in [0.15, 0.2) is 0 Å². The number of hydrogen-bond acceptors (Lipinski definition) is 4. The fourth-order valence-corrected chi connectivity index (χ4v) is 4.24. The van der Waals surface area contributed by atoms with Crippen molar-refractivity contribution >= 4 is 39.3 Å². The molecule has 1 aromatic carbocycles. The molecule has 1 atom stereocenters. The molecule has 1 aromatic heterocycles. The van der Waals surface area contributed by atoms with Gasteiger partial charge in [-0.25, -0.2) is 0 Å². The van der Waals surface area contributed by atoms with E-state index in [0.717, 1.165) is 40.0 Å². The van der Waals surface area contributed by atoms with Gasteiger partial charge in [0.2, 0.25) is 5.91 Å². The summed E-state index contributed by atoms with van der Waals surface area (Å²) in [5, 5.41) is 7.02. The van der Waals surface area contributed by atoms with Crippen LogP contribution < -0.4 is 5.32 Å². The number of nitrogens with one attached hydrogen (secondary N) is 1. The van der Waals surface area contributed by atoms with Crippen molar-refractivity contribution < 1.29 is 9.32 Å². The summed E-state index contributed by atoms with van der Waals surface area (Å²) in [6.07, 6.45) is 4.42. The zero-order valence-corrected chi connectivity index (χ0v) is 16.3. The standard InChI is InChI=1S/C18H21BrN2O2S/c1-11-7-8-15(14(19)9-11)20-18(22)12(2)24-10-16-13-5-3-4-6-17(13)23-21-16/h7-9,12H,3-6,10H2,1-2H3,(H,20,22). The quantitative estimate of drug-likeness (QED) is 0.765. The maximum absolute atomic E-state index is 12.4. The highest BCUT2D eigenvalue weighted by atomic mass is 79.9. The SMILES string of the molecule is Cc1ccc(NC(=O)C(C)SCc2noc3c2CCCC3)c(Br)c1. The summed E-state index contributed by atoms with van der Waals surface area (Å²) in [5.74, 6) is 1.75. The van der Waals surface area contributed by atoms with Crippen molar-refractivity contribution in [2.45, 2.75) is 50.5 Å². The molecule has 0 spiro atoms. The largest absolute Gasteiger partial charge is 0.361 e. The minimum atomic E-state index is -0.158. The number of hydrogen-bond donors (Lipinski definition) is 1. The molecule has 6 heteroatoms. The summed E-state index contributed by atoms with van der Waals surface area (Å²) in [7, 11) is 0. The lowest BCUT2D eigenvalue weighted by molar-refractivity contribution is -0.115. The van der Waals surface area contributed by atoms with Crippen LogP contribution in [0.1, 0.15) is 42.3 Å². The number of aryl methyl sites for hydroxylation is 2. The molecule has 1 N–H and O–H groups in total. The summed E-state index contributed by atoms with van der Waals surface area (Å²) < 4.78 is 6.33. The highest BCUT2D eigenvalue weighted by molar-refractivity contribution is 9.10. The Bertz CT molecular complexity index is 745. The monoisotopic (exact) mass is 408 g/mol. The molecule has 1 amide bonds. The third-order valence-electron chi connectivity index (χ3n) is 4.25. The van der Waals surface area contributed by atoms with Crippen molar-refractivity contribution in [3.63, 3.8) is 0 Å². The van der Waals surface area contributed by atoms with Gasteiger partial charge in [-0.2, -0.15) is 0 Å². The van der Waals surface area contributed by atoms with Crippen molar-refractivity contribution in [2.24, 2.45) is 0 Å². The van der Waals surface area contributed by atoms with Crippen LogP contribution in [-0.4, -0.2) is 16.3 Å². The molecular weight excluding hydrogens is 388 g/mol. The zero-order valence-electron chi connectivity index (χ0n) is 13.9. The van der Waals surface area contributed by atoms with Crippen LogP contribution in [0.25, 0.3) is 0 Å². The molecule has 1 aliphatic rings. The average molecular weight is 409 g/mol. The summed E-state index contributed by atoms with van der Waals surface area (Å²) in [5.41, 5.74) is 4.23. The molecule has 1 unspecified atom stereocenters. The number of anilines is 1. The number of rotatable bonds is 5. The number of halogens is 1. The highest BCUT2D eigenvalue weighted by Crippen LogP contribution is 2.29. The molecule has 1 aliphatic carbocycles. The zero-order chi connectivity index (χ0) is 17.1. The number of thioether (sulfide) groups is 1. The van der Waals surface area contributed by atoms with Gasteiger partial charge in [0.05, 0.1) is 16.6 Å². The second-order valence-corrected chi connectivity index (χ2v) is 8.35. The fourth-order valence-electron chi connectivity index (χ4n) is 2.80. The van der Waals surface area contributed by atoms with Gasteiger partial charge < -0.3 is 9.84 Å². The Morgan fingerprint density at radius 1 is 1.42 bits per heavy atom. The lowest BCUT2D eigenvalue weighted by atomic mass is 9.97. The van der Waals surface area contributed by atoms with E-state index in [-0.39, 0.29) is 11.2 Å². The maximum Gasteiger partial charge on any atom is 0.237 e. The van der Waals surface area contributed by atoms with Crippen molar-refractivity contribution in [3.8, 4) is 0 Å². The molecule has 24 heavy (non-hydrogen) atoms. The first-order valence-electron chi connectivity index (χ1n) is 8.19. The van der Waals surface area contributed by atoms with Crippen LogP contribution in [-0.2, 0) is 23.4 Å². The van der Waals surface area contributed by atoms with Gasteiger partial charge in [-0.05, 0) is 66.7 Å². The summed E-state index contributed by atoms with van der Waals surface area (Å²) >= 11 is 5.09.